The molecule has 1 aliphatic heterocycles. The topological polar surface area (TPSA) is 21.6 Å². The van der Waals surface area contributed by atoms with Crippen LogP contribution in [0.2, 0.25) is 0 Å². The number of aryl methyl sites for hydroxylation is 1. The van der Waals surface area contributed by atoms with Crippen molar-refractivity contribution in [1.82, 2.24) is 0 Å². The molecule has 1 heterocycles. The summed E-state index contributed by atoms with van der Waals surface area (Å²) in [5, 5.41) is 3.73. The Morgan fingerprint density at radius 2 is 2.18 bits per heavy atom. The molecule has 1 atom stereocenters. The zero-order valence-corrected chi connectivity index (χ0v) is 9.29. The van der Waals surface area contributed by atoms with Crippen LogP contribution in [0.1, 0.15) is 24.0 Å². The molecule has 0 spiro atoms. The first kappa shape index (κ1) is 12.0. The number of nitrogens with zero attached hydrogens (tertiary/aromatic N) is 1. The first-order valence-corrected chi connectivity index (χ1v) is 5.30. The summed E-state index contributed by atoms with van der Waals surface area (Å²) in [5.74, 6) is 0. The Labute approximate surface area is 97.1 Å². The van der Waals surface area contributed by atoms with Crippen LogP contribution in [0.15, 0.2) is 29.4 Å². The molecule has 0 N–H and O–H groups in total. The number of hydrogen-bond acceptors (Lipinski definition) is 2. The zero-order chi connectivity index (χ0) is 12.5. The van der Waals surface area contributed by atoms with Gasteiger partial charge < -0.3 is 4.84 Å². The zero-order valence-electron chi connectivity index (χ0n) is 9.29. The minimum absolute atomic E-state index is 0.211. The van der Waals surface area contributed by atoms with Crippen molar-refractivity contribution in [2.75, 3.05) is 0 Å². The van der Waals surface area contributed by atoms with E-state index in [0.717, 1.165) is 11.1 Å². The minimum atomic E-state index is -4.21. The maximum atomic E-state index is 12.2. The lowest BCUT2D eigenvalue weighted by atomic mass is 10.0. The van der Waals surface area contributed by atoms with Crippen LogP contribution in [0.5, 0.6) is 0 Å². The predicted molar refractivity (Wildman–Crippen MR) is 57.9 cm³/mol. The van der Waals surface area contributed by atoms with Gasteiger partial charge in [-0.05, 0) is 12.5 Å². The molecule has 0 saturated carbocycles. The Morgan fingerprint density at radius 3 is 2.82 bits per heavy atom. The second kappa shape index (κ2) is 4.39. The molecular formula is C12H12F3NO. The second-order valence-corrected chi connectivity index (χ2v) is 4.16. The highest BCUT2D eigenvalue weighted by Crippen LogP contribution is 2.28. The number of hydrogen-bond donors (Lipinski definition) is 0. The molecule has 1 aromatic carbocycles. The van der Waals surface area contributed by atoms with Gasteiger partial charge in [-0.15, -0.1) is 0 Å². The van der Waals surface area contributed by atoms with Crippen molar-refractivity contribution < 1.29 is 18.0 Å². The van der Waals surface area contributed by atoms with E-state index in [4.69, 9.17) is 4.84 Å². The van der Waals surface area contributed by atoms with Crippen molar-refractivity contribution in [3.05, 3.63) is 35.4 Å². The summed E-state index contributed by atoms with van der Waals surface area (Å²) in [6.45, 7) is 1.92. The van der Waals surface area contributed by atoms with Crippen LogP contribution in [0.4, 0.5) is 13.2 Å². The fraction of sp³-hybridized carbons (Fsp3) is 0.417. The van der Waals surface area contributed by atoms with E-state index in [9.17, 15) is 13.2 Å². The van der Waals surface area contributed by atoms with Crippen LogP contribution in [0, 0.1) is 6.92 Å². The quantitative estimate of drug-likeness (QED) is 0.779. The summed E-state index contributed by atoms with van der Waals surface area (Å²) >= 11 is 0. The van der Waals surface area contributed by atoms with Gasteiger partial charge in [-0.3, -0.25) is 0 Å². The van der Waals surface area contributed by atoms with E-state index < -0.39 is 18.7 Å². The highest BCUT2D eigenvalue weighted by Gasteiger charge is 2.36. The molecule has 0 fully saturated rings. The van der Waals surface area contributed by atoms with Crippen molar-refractivity contribution in [3.63, 3.8) is 0 Å². The monoisotopic (exact) mass is 243 g/mol. The summed E-state index contributed by atoms with van der Waals surface area (Å²) in [4.78, 5) is 4.80. The van der Waals surface area contributed by atoms with Gasteiger partial charge in [0.25, 0.3) is 0 Å². The summed E-state index contributed by atoms with van der Waals surface area (Å²) in [7, 11) is 0. The number of oxime groups is 1. The predicted octanol–water partition coefficient (Wildman–Crippen LogP) is 3.44. The lowest BCUT2D eigenvalue weighted by Crippen LogP contribution is -2.19. The molecule has 0 amide bonds. The van der Waals surface area contributed by atoms with Gasteiger partial charge in [0, 0.05) is 6.42 Å². The molecule has 0 radical (unpaired) electrons. The largest absolute Gasteiger partial charge is 0.392 e. The fourth-order valence-corrected chi connectivity index (χ4v) is 1.79. The SMILES string of the molecule is Cc1cccc(C2=NO[C@H](CC(F)(F)F)C2)c1. The molecular weight excluding hydrogens is 231 g/mol. The van der Waals surface area contributed by atoms with Crippen molar-refractivity contribution in [2.45, 2.75) is 32.0 Å². The third-order valence-electron chi connectivity index (χ3n) is 2.54. The van der Waals surface area contributed by atoms with E-state index in [-0.39, 0.29) is 6.42 Å². The molecule has 5 heteroatoms. The van der Waals surface area contributed by atoms with E-state index in [1.54, 1.807) is 0 Å². The lowest BCUT2D eigenvalue weighted by Gasteiger charge is -2.10. The van der Waals surface area contributed by atoms with E-state index in [0.29, 0.717) is 5.71 Å². The van der Waals surface area contributed by atoms with Crippen molar-refractivity contribution in [2.24, 2.45) is 5.16 Å². The van der Waals surface area contributed by atoms with Gasteiger partial charge in [0.1, 0.15) is 6.10 Å². The van der Waals surface area contributed by atoms with Crippen molar-refractivity contribution >= 4 is 5.71 Å². The normalized spacial score (nSPS) is 20.0. The van der Waals surface area contributed by atoms with Gasteiger partial charge in [-0.1, -0.05) is 35.0 Å². The smallest absolute Gasteiger partial charge is 0.391 e. The van der Waals surface area contributed by atoms with Crippen LogP contribution in [-0.2, 0) is 4.84 Å². The van der Waals surface area contributed by atoms with Crippen LogP contribution < -0.4 is 0 Å². The average molecular weight is 243 g/mol. The number of alkyl halides is 3. The van der Waals surface area contributed by atoms with Gasteiger partial charge in [-0.2, -0.15) is 13.2 Å². The van der Waals surface area contributed by atoms with Gasteiger partial charge in [-0.25, -0.2) is 0 Å². The molecule has 92 valence electrons. The van der Waals surface area contributed by atoms with Crippen LogP contribution >= 0.6 is 0 Å². The Hall–Kier alpha value is -1.52. The molecule has 17 heavy (non-hydrogen) atoms. The van der Waals surface area contributed by atoms with Gasteiger partial charge in [0.2, 0.25) is 0 Å². The minimum Gasteiger partial charge on any atom is -0.391 e. The molecule has 1 aliphatic rings. The molecule has 0 bridgehead atoms. The third-order valence-corrected chi connectivity index (χ3v) is 2.54. The lowest BCUT2D eigenvalue weighted by molar-refractivity contribution is -0.157. The Bertz CT molecular complexity index is 440. The van der Waals surface area contributed by atoms with Gasteiger partial charge in [0.15, 0.2) is 0 Å². The van der Waals surface area contributed by atoms with Crippen LogP contribution in [-0.4, -0.2) is 18.0 Å². The van der Waals surface area contributed by atoms with E-state index in [2.05, 4.69) is 5.16 Å². The Kier molecular flexibility index (Phi) is 3.09. The fourth-order valence-electron chi connectivity index (χ4n) is 1.79. The molecule has 0 unspecified atom stereocenters. The first-order chi connectivity index (χ1) is 7.94. The van der Waals surface area contributed by atoms with E-state index in [1.807, 2.05) is 31.2 Å². The highest BCUT2D eigenvalue weighted by atomic mass is 19.4. The Balaban J connectivity index is 2.03. The number of benzene rings is 1. The molecule has 2 nitrogen and oxygen atoms in total. The van der Waals surface area contributed by atoms with E-state index >= 15 is 0 Å². The van der Waals surface area contributed by atoms with Crippen molar-refractivity contribution in [3.8, 4) is 0 Å². The highest BCUT2D eigenvalue weighted by molar-refractivity contribution is 6.01. The summed E-state index contributed by atoms with van der Waals surface area (Å²) < 4.78 is 36.5. The maximum Gasteiger partial charge on any atom is 0.392 e. The number of halogens is 3. The summed E-state index contributed by atoms with van der Waals surface area (Å²) in [6, 6.07) is 7.49. The summed E-state index contributed by atoms with van der Waals surface area (Å²) in [6.07, 6.45) is -5.83. The molecule has 0 aromatic heterocycles. The molecule has 0 saturated heterocycles. The summed E-state index contributed by atoms with van der Waals surface area (Å²) in [5.41, 5.74) is 2.46. The van der Waals surface area contributed by atoms with Gasteiger partial charge >= 0.3 is 6.18 Å². The van der Waals surface area contributed by atoms with Crippen LogP contribution in [0.25, 0.3) is 0 Å². The van der Waals surface area contributed by atoms with Gasteiger partial charge in [0.05, 0.1) is 12.1 Å². The van der Waals surface area contributed by atoms with E-state index in [1.165, 1.54) is 0 Å². The second-order valence-electron chi connectivity index (χ2n) is 4.16. The number of rotatable bonds is 2. The molecule has 0 aliphatic carbocycles. The Morgan fingerprint density at radius 1 is 1.41 bits per heavy atom. The molecule has 2 rings (SSSR count). The average Bonchev–Trinajstić information content (AvgIpc) is 2.63. The maximum absolute atomic E-state index is 12.2. The van der Waals surface area contributed by atoms with Crippen LogP contribution in [0.3, 0.4) is 0 Å². The molecule has 1 aromatic rings. The standard InChI is InChI=1S/C12H12F3NO/c1-8-3-2-4-9(5-8)11-6-10(17-16-11)7-12(13,14)15/h2-5,10H,6-7H2,1H3/t10-/m0/s1. The first-order valence-electron chi connectivity index (χ1n) is 5.30. The third kappa shape index (κ3) is 3.22. The van der Waals surface area contributed by atoms with Crippen molar-refractivity contribution in [1.29, 1.82) is 0 Å².